The number of hydrogen-bond donors (Lipinski definition) is 2. The Hall–Kier alpha value is -2.59. The minimum atomic E-state index is -0.0165. The number of rotatable bonds is 6. The number of amides is 1. The summed E-state index contributed by atoms with van der Waals surface area (Å²) >= 11 is 0. The topological polar surface area (TPSA) is 54.3 Å². The highest BCUT2D eigenvalue weighted by atomic mass is 16.3. The quantitative estimate of drug-likeness (QED) is 0.701. The van der Waals surface area contributed by atoms with Crippen LogP contribution in [-0.2, 0) is 30.6 Å². The van der Waals surface area contributed by atoms with Gasteiger partial charge in [-0.3, -0.25) is 4.79 Å². The van der Waals surface area contributed by atoms with E-state index in [0.717, 1.165) is 53.7 Å². The van der Waals surface area contributed by atoms with Gasteiger partial charge in [0.25, 0.3) is 0 Å². The van der Waals surface area contributed by atoms with E-state index >= 15 is 0 Å². The summed E-state index contributed by atoms with van der Waals surface area (Å²) < 4.78 is 5.71. The molecule has 1 amide bonds. The predicted molar refractivity (Wildman–Crippen MR) is 104 cm³/mol. The number of carbonyl (C=O) groups is 1. The highest BCUT2D eigenvalue weighted by Gasteiger charge is 2.17. The zero-order valence-corrected chi connectivity index (χ0v) is 15.1. The van der Waals surface area contributed by atoms with Crippen molar-refractivity contribution in [2.75, 3.05) is 11.9 Å². The zero-order valence-electron chi connectivity index (χ0n) is 15.1. The van der Waals surface area contributed by atoms with Crippen LogP contribution in [0.4, 0.5) is 5.69 Å². The number of fused-ring (bicyclic) bond motifs is 2. The van der Waals surface area contributed by atoms with Crippen LogP contribution < -0.4 is 10.6 Å². The van der Waals surface area contributed by atoms with E-state index in [4.69, 9.17) is 4.42 Å². The molecule has 0 bridgehead atoms. The fraction of sp³-hybridized carbons (Fsp3) is 0.318. The van der Waals surface area contributed by atoms with Crippen LogP contribution in [0.25, 0.3) is 11.0 Å². The van der Waals surface area contributed by atoms with Crippen LogP contribution >= 0.6 is 0 Å². The molecule has 1 heterocycles. The van der Waals surface area contributed by atoms with E-state index in [2.05, 4.69) is 29.7 Å². The number of nitrogens with one attached hydrogen (secondary N) is 2. The second kappa shape index (κ2) is 7.34. The number of benzene rings is 2. The molecule has 2 N–H and O–H groups in total. The molecule has 0 fully saturated rings. The van der Waals surface area contributed by atoms with Crippen LogP contribution in [0.1, 0.15) is 35.6 Å². The lowest BCUT2D eigenvalue weighted by atomic mass is 10.0. The number of para-hydroxylation sites is 1. The van der Waals surface area contributed by atoms with Crippen LogP contribution in [0.15, 0.2) is 47.1 Å². The van der Waals surface area contributed by atoms with Crippen LogP contribution in [0.5, 0.6) is 0 Å². The maximum Gasteiger partial charge on any atom is 0.228 e. The first-order valence-corrected chi connectivity index (χ1v) is 9.35. The fourth-order valence-electron chi connectivity index (χ4n) is 3.71. The van der Waals surface area contributed by atoms with E-state index in [0.29, 0.717) is 6.42 Å². The number of carbonyl (C=O) groups excluding carboxylic acids is 1. The summed E-state index contributed by atoms with van der Waals surface area (Å²) in [7, 11) is 0. The molecule has 0 aliphatic heterocycles. The SMILES string of the molecule is CCNCc1ccccc1NC(=O)Cc1coc2cc3c(cc12)CCC3. The van der Waals surface area contributed by atoms with Crippen molar-refractivity contribution in [1.29, 1.82) is 0 Å². The largest absolute Gasteiger partial charge is 0.464 e. The molecule has 2 aromatic carbocycles. The van der Waals surface area contributed by atoms with E-state index in [9.17, 15) is 4.79 Å². The summed E-state index contributed by atoms with van der Waals surface area (Å²) in [6, 6.07) is 12.3. The average molecular weight is 348 g/mol. The molecule has 0 radical (unpaired) electrons. The zero-order chi connectivity index (χ0) is 17.9. The Morgan fingerprint density at radius 1 is 1.12 bits per heavy atom. The Balaban J connectivity index is 1.51. The Morgan fingerprint density at radius 3 is 2.77 bits per heavy atom. The molecule has 0 unspecified atom stereocenters. The van der Waals surface area contributed by atoms with Gasteiger partial charge in [0.2, 0.25) is 5.91 Å². The molecule has 26 heavy (non-hydrogen) atoms. The second-order valence-electron chi connectivity index (χ2n) is 6.89. The summed E-state index contributed by atoms with van der Waals surface area (Å²) in [6.07, 6.45) is 5.51. The Labute approximate surface area is 153 Å². The van der Waals surface area contributed by atoms with Crippen molar-refractivity contribution in [3.05, 3.63) is 64.9 Å². The van der Waals surface area contributed by atoms with Gasteiger partial charge < -0.3 is 15.1 Å². The third-order valence-electron chi connectivity index (χ3n) is 5.08. The summed E-state index contributed by atoms with van der Waals surface area (Å²) in [4.78, 5) is 12.6. The first kappa shape index (κ1) is 16.9. The van der Waals surface area contributed by atoms with Crippen LogP contribution in [0.2, 0.25) is 0 Å². The Bertz CT molecular complexity index is 942. The smallest absolute Gasteiger partial charge is 0.228 e. The Kier molecular flexibility index (Phi) is 4.76. The molecular weight excluding hydrogens is 324 g/mol. The van der Waals surface area contributed by atoms with Crippen LogP contribution in [0.3, 0.4) is 0 Å². The van der Waals surface area contributed by atoms with Gasteiger partial charge in [0.1, 0.15) is 5.58 Å². The Morgan fingerprint density at radius 2 is 1.92 bits per heavy atom. The molecule has 134 valence electrons. The molecule has 0 saturated carbocycles. The van der Waals surface area contributed by atoms with Gasteiger partial charge >= 0.3 is 0 Å². The van der Waals surface area contributed by atoms with Gasteiger partial charge in [-0.05, 0) is 60.7 Å². The van der Waals surface area contributed by atoms with Gasteiger partial charge in [0.05, 0.1) is 12.7 Å². The highest BCUT2D eigenvalue weighted by molar-refractivity contribution is 5.96. The van der Waals surface area contributed by atoms with Gasteiger partial charge in [-0.25, -0.2) is 0 Å². The third-order valence-corrected chi connectivity index (χ3v) is 5.08. The third kappa shape index (κ3) is 3.37. The number of anilines is 1. The summed E-state index contributed by atoms with van der Waals surface area (Å²) in [5.41, 5.74) is 6.60. The van der Waals surface area contributed by atoms with Gasteiger partial charge in [0, 0.05) is 23.2 Å². The minimum absolute atomic E-state index is 0.0165. The van der Waals surface area contributed by atoms with Crippen molar-refractivity contribution in [3.8, 4) is 0 Å². The average Bonchev–Trinajstić information content (AvgIpc) is 3.26. The lowest BCUT2D eigenvalue weighted by molar-refractivity contribution is -0.115. The highest BCUT2D eigenvalue weighted by Crippen LogP contribution is 2.30. The van der Waals surface area contributed by atoms with Crippen molar-refractivity contribution in [2.45, 2.75) is 39.2 Å². The lowest BCUT2D eigenvalue weighted by Gasteiger charge is -2.11. The molecule has 0 atom stereocenters. The van der Waals surface area contributed by atoms with Crippen LogP contribution in [0, 0.1) is 0 Å². The summed E-state index contributed by atoms with van der Waals surface area (Å²) in [5.74, 6) is -0.0165. The van der Waals surface area contributed by atoms with E-state index in [-0.39, 0.29) is 5.91 Å². The van der Waals surface area contributed by atoms with Gasteiger partial charge in [-0.1, -0.05) is 25.1 Å². The number of hydrogen-bond acceptors (Lipinski definition) is 3. The lowest BCUT2D eigenvalue weighted by Crippen LogP contribution is -2.18. The van der Waals surface area contributed by atoms with E-state index in [1.54, 1.807) is 6.26 Å². The van der Waals surface area contributed by atoms with E-state index < -0.39 is 0 Å². The fourth-order valence-corrected chi connectivity index (χ4v) is 3.71. The maximum absolute atomic E-state index is 12.6. The summed E-state index contributed by atoms with van der Waals surface area (Å²) in [6.45, 7) is 3.71. The molecule has 1 aliphatic carbocycles. The van der Waals surface area contributed by atoms with Gasteiger partial charge in [-0.2, -0.15) is 0 Å². The first-order chi connectivity index (χ1) is 12.7. The maximum atomic E-state index is 12.6. The predicted octanol–water partition coefficient (Wildman–Crippen LogP) is 4.21. The molecule has 3 aromatic rings. The van der Waals surface area contributed by atoms with Crippen molar-refractivity contribution < 1.29 is 9.21 Å². The van der Waals surface area contributed by atoms with Gasteiger partial charge in [0.15, 0.2) is 0 Å². The molecule has 1 aromatic heterocycles. The molecule has 0 saturated heterocycles. The van der Waals surface area contributed by atoms with Crippen LogP contribution in [-0.4, -0.2) is 12.5 Å². The summed E-state index contributed by atoms with van der Waals surface area (Å²) in [5, 5.41) is 7.43. The molecule has 4 rings (SSSR count). The van der Waals surface area contributed by atoms with E-state index in [1.807, 2.05) is 24.3 Å². The van der Waals surface area contributed by atoms with Gasteiger partial charge in [-0.15, -0.1) is 0 Å². The van der Waals surface area contributed by atoms with Crippen molar-refractivity contribution >= 4 is 22.6 Å². The van der Waals surface area contributed by atoms with E-state index in [1.165, 1.54) is 17.5 Å². The normalized spacial score (nSPS) is 13.1. The second-order valence-corrected chi connectivity index (χ2v) is 6.89. The minimum Gasteiger partial charge on any atom is -0.464 e. The molecule has 0 spiro atoms. The number of aryl methyl sites for hydroxylation is 2. The molecule has 4 nitrogen and oxygen atoms in total. The standard InChI is InChI=1S/C22H24N2O2/c1-2-23-13-17-6-3-4-9-20(17)24-22(25)12-18-14-26-21-11-16-8-5-7-15(16)10-19(18)21/h3-4,6,9-11,14,23H,2,5,7-8,12-13H2,1H3,(H,24,25). The van der Waals surface area contributed by atoms with Crippen molar-refractivity contribution in [1.82, 2.24) is 5.32 Å². The number of furan rings is 1. The molecular formula is C22H24N2O2. The van der Waals surface area contributed by atoms with Crippen molar-refractivity contribution in [3.63, 3.8) is 0 Å². The molecule has 1 aliphatic rings. The van der Waals surface area contributed by atoms with Crippen molar-refractivity contribution in [2.24, 2.45) is 0 Å². The first-order valence-electron chi connectivity index (χ1n) is 9.35. The monoisotopic (exact) mass is 348 g/mol. The molecule has 4 heteroatoms.